The summed E-state index contributed by atoms with van der Waals surface area (Å²) in [7, 11) is 0. The zero-order chi connectivity index (χ0) is 15.2. The number of nitrogens with one attached hydrogen (secondary N) is 1. The van der Waals surface area contributed by atoms with Crippen LogP contribution in [0.3, 0.4) is 0 Å². The fraction of sp³-hybridized carbons (Fsp3) is 0.429. The summed E-state index contributed by atoms with van der Waals surface area (Å²) in [4.78, 5) is 12.1. The first-order valence-electron chi connectivity index (χ1n) is 6.79. The summed E-state index contributed by atoms with van der Waals surface area (Å²) in [6, 6.07) is 5.48. The van der Waals surface area contributed by atoms with E-state index in [1.165, 1.54) is 0 Å². The van der Waals surface area contributed by atoms with Gasteiger partial charge in [0, 0.05) is 6.54 Å². The van der Waals surface area contributed by atoms with Crippen LogP contribution in [-0.4, -0.2) is 23.7 Å². The average molecular weight is 293 g/mol. The summed E-state index contributed by atoms with van der Waals surface area (Å²) in [6.45, 7) is 2.49. The predicted molar refractivity (Wildman–Crippen MR) is 76.2 cm³/mol. The van der Waals surface area contributed by atoms with Gasteiger partial charge in [0.25, 0.3) is 0 Å². The number of fused-ring (bicyclic) bond motifs is 1. The first-order valence-corrected chi connectivity index (χ1v) is 6.79. The van der Waals surface area contributed by atoms with E-state index in [1.54, 1.807) is 6.07 Å². The summed E-state index contributed by atoms with van der Waals surface area (Å²) in [5.74, 6) is 0.424. The van der Waals surface area contributed by atoms with Crippen molar-refractivity contribution in [3.05, 3.63) is 23.8 Å². The minimum Gasteiger partial charge on any atom is -0.454 e. The number of oxime groups is 1. The lowest BCUT2D eigenvalue weighted by Gasteiger charge is -2.14. The Morgan fingerprint density at radius 2 is 2.24 bits per heavy atom. The van der Waals surface area contributed by atoms with Crippen molar-refractivity contribution in [2.24, 2.45) is 16.8 Å². The number of benzene rings is 1. The van der Waals surface area contributed by atoms with Crippen molar-refractivity contribution < 1.29 is 19.5 Å². The second-order valence-corrected chi connectivity index (χ2v) is 4.77. The van der Waals surface area contributed by atoms with Crippen molar-refractivity contribution in [1.29, 1.82) is 0 Å². The maximum atomic E-state index is 12.1. The van der Waals surface area contributed by atoms with Crippen LogP contribution in [0.25, 0.3) is 0 Å². The third kappa shape index (κ3) is 3.56. The largest absolute Gasteiger partial charge is 0.454 e. The molecule has 0 aromatic heterocycles. The molecule has 0 radical (unpaired) electrons. The van der Waals surface area contributed by atoms with Gasteiger partial charge in [-0.1, -0.05) is 24.6 Å². The lowest BCUT2D eigenvalue weighted by Crippen LogP contribution is -2.38. The third-order valence-electron chi connectivity index (χ3n) is 3.27. The number of carbonyl (C=O) groups excluding carboxylic acids is 1. The number of amidine groups is 1. The van der Waals surface area contributed by atoms with Gasteiger partial charge < -0.3 is 25.7 Å². The first-order chi connectivity index (χ1) is 10.2. The lowest BCUT2D eigenvalue weighted by atomic mass is 10.0. The van der Waals surface area contributed by atoms with Gasteiger partial charge in [0.05, 0.1) is 5.92 Å². The molecule has 114 valence electrons. The van der Waals surface area contributed by atoms with Crippen LogP contribution in [0.4, 0.5) is 0 Å². The number of hydrogen-bond acceptors (Lipinski definition) is 5. The molecule has 21 heavy (non-hydrogen) atoms. The van der Waals surface area contributed by atoms with Crippen LogP contribution >= 0.6 is 0 Å². The SMILES string of the molecule is CCCC(C(=O)NCc1ccc2c(c1)OCO2)C(N)=NO. The van der Waals surface area contributed by atoms with E-state index < -0.39 is 5.92 Å². The molecule has 2 rings (SSSR count). The van der Waals surface area contributed by atoms with Gasteiger partial charge in [-0.05, 0) is 24.1 Å². The summed E-state index contributed by atoms with van der Waals surface area (Å²) >= 11 is 0. The molecule has 0 bridgehead atoms. The molecule has 1 unspecified atom stereocenters. The van der Waals surface area contributed by atoms with E-state index >= 15 is 0 Å². The fourth-order valence-electron chi connectivity index (χ4n) is 2.13. The van der Waals surface area contributed by atoms with E-state index in [1.807, 2.05) is 19.1 Å². The van der Waals surface area contributed by atoms with Crippen molar-refractivity contribution in [2.45, 2.75) is 26.3 Å². The molecule has 1 aliphatic rings. The highest BCUT2D eigenvalue weighted by molar-refractivity contribution is 6.02. The van der Waals surface area contributed by atoms with Crippen LogP contribution in [0, 0.1) is 5.92 Å². The van der Waals surface area contributed by atoms with E-state index in [9.17, 15) is 4.79 Å². The number of rotatable bonds is 6. The standard InChI is InChI=1S/C14H19N3O4/c1-2-3-10(13(15)17-19)14(18)16-7-9-4-5-11-12(6-9)21-8-20-11/h4-6,10,19H,2-3,7-8H2,1H3,(H2,15,17)(H,16,18). The van der Waals surface area contributed by atoms with E-state index in [0.29, 0.717) is 24.5 Å². The maximum Gasteiger partial charge on any atom is 0.231 e. The minimum atomic E-state index is -0.617. The second-order valence-electron chi connectivity index (χ2n) is 4.77. The molecule has 0 saturated heterocycles. The lowest BCUT2D eigenvalue weighted by molar-refractivity contribution is -0.123. The molecule has 1 aromatic carbocycles. The van der Waals surface area contributed by atoms with Gasteiger partial charge in [-0.25, -0.2) is 0 Å². The number of carbonyl (C=O) groups is 1. The van der Waals surface area contributed by atoms with Crippen molar-refractivity contribution in [3.63, 3.8) is 0 Å². The van der Waals surface area contributed by atoms with Gasteiger partial charge in [0.2, 0.25) is 12.7 Å². The molecule has 1 aromatic rings. The number of nitrogens with zero attached hydrogens (tertiary/aromatic N) is 1. The van der Waals surface area contributed by atoms with Crippen LogP contribution in [-0.2, 0) is 11.3 Å². The van der Waals surface area contributed by atoms with Crippen LogP contribution in [0.1, 0.15) is 25.3 Å². The Morgan fingerprint density at radius 3 is 2.95 bits per heavy atom. The molecule has 1 amide bonds. The Labute approximate surface area is 122 Å². The molecule has 7 heteroatoms. The molecule has 0 fully saturated rings. The molecule has 7 nitrogen and oxygen atoms in total. The van der Waals surface area contributed by atoms with E-state index in [0.717, 1.165) is 12.0 Å². The van der Waals surface area contributed by atoms with E-state index in [-0.39, 0.29) is 18.5 Å². The Kier molecular flexibility index (Phi) is 4.86. The molecule has 0 spiro atoms. The Balaban J connectivity index is 1.96. The quantitative estimate of drug-likeness (QED) is 0.316. The highest BCUT2D eigenvalue weighted by atomic mass is 16.7. The molecule has 1 atom stereocenters. The molecular formula is C14H19N3O4. The van der Waals surface area contributed by atoms with Gasteiger partial charge in [-0.15, -0.1) is 0 Å². The second kappa shape index (κ2) is 6.83. The smallest absolute Gasteiger partial charge is 0.231 e. The maximum absolute atomic E-state index is 12.1. The Hall–Kier alpha value is -2.44. The molecular weight excluding hydrogens is 274 g/mol. The van der Waals surface area contributed by atoms with Gasteiger partial charge in [-0.3, -0.25) is 4.79 Å². The molecule has 0 aliphatic carbocycles. The van der Waals surface area contributed by atoms with E-state index in [2.05, 4.69) is 10.5 Å². The van der Waals surface area contributed by atoms with Gasteiger partial charge in [0.15, 0.2) is 17.3 Å². The summed E-state index contributed by atoms with van der Waals surface area (Å²) in [5, 5.41) is 14.4. The zero-order valence-electron chi connectivity index (χ0n) is 11.8. The monoisotopic (exact) mass is 293 g/mol. The fourth-order valence-corrected chi connectivity index (χ4v) is 2.13. The van der Waals surface area contributed by atoms with Gasteiger partial charge in [-0.2, -0.15) is 0 Å². The minimum absolute atomic E-state index is 0.0694. The van der Waals surface area contributed by atoms with Gasteiger partial charge in [0.1, 0.15) is 0 Å². The highest BCUT2D eigenvalue weighted by Gasteiger charge is 2.22. The third-order valence-corrected chi connectivity index (χ3v) is 3.27. The Morgan fingerprint density at radius 1 is 1.48 bits per heavy atom. The van der Waals surface area contributed by atoms with Crippen molar-refractivity contribution in [1.82, 2.24) is 5.32 Å². The molecule has 0 saturated carbocycles. The number of ether oxygens (including phenoxy) is 2. The summed E-state index contributed by atoms with van der Waals surface area (Å²) < 4.78 is 10.5. The van der Waals surface area contributed by atoms with Crippen molar-refractivity contribution >= 4 is 11.7 Å². The molecule has 1 aliphatic heterocycles. The number of hydrogen-bond donors (Lipinski definition) is 3. The topological polar surface area (TPSA) is 106 Å². The van der Waals surface area contributed by atoms with Gasteiger partial charge >= 0.3 is 0 Å². The van der Waals surface area contributed by atoms with Crippen LogP contribution in [0.15, 0.2) is 23.4 Å². The average Bonchev–Trinajstić information content (AvgIpc) is 2.97. The number of amides is 1. The normalized spacial score (nSPS) is 14.8. The van der Waals surface area contributed by atoms with Crippen LogP contribution in [0.2, 0.25) is 0 Å². The van der Waals surface area contributed by atoms with Crippen LogP contribution in [0.5, 0.6) is 11.5 Å². The summed E-state index contributed by atoms with van der Waals surface area (Å²) in [6.07, 6.45) is 1.29. The predicted octanol–water partition coefficient (Wildman–Crippen LogP) is 1.19. The Bertz CT molecular complexity index is 545. The first kappa shape index (κ1) is 15.0. The van der Waals surface area contributed by atoms with Crippen molar-refractivity contribution in [2.75, 3.05) is 6.79 Å². The van der Waals surface area contributed by atoms with E-state index in [4.69, 9.17) is 20.4 Å². The highest BCUT2D eigenvalue weighted by Crippen LogP contribution is 2.32. The van der Waals surface area contributed by atoms with Crippen molar-refractivity contribution in [3.8, 4) is 11.5 Å². The zero-order valence-corrected chi connectivity index (χ0v) is 11.8. The molecule has 1 heterocycles. The summed E-state index contributed by atoms with van der Waals surface area (Å²) in [5.41, 5.74) is 6.44. The number of nitrogens with two attached hydrogens (primary N) is 1. The molecule has 4 N–H and O–H groups in total. The van der Waals surface area contributed by atoms with Crippen LogP contribution < -0.4 is 20.5 Å².